The van der Waals surface area contributed by atoms with Crippen LogP contribution in [0.2, 0.25) is 0 Å². The van der Waals surface area contributed by atoms with Crippen LogP contribution in [0.25, 0.3) is 11.0 Å². The molecule has 0 saturated heterocycles. The van der Waals surface area contributed by atoms with Gasteiger partial charge in [0, 0.05) is 16.5 Å². The minimum atomic E-state index is -3.26. The van der Waals surface area contributed by atoms with Crippen molar-refractivity contribution in [2.24, 2.45) is 0 Å². The van der Waals surface area contributed by atoms with Crippen LogP contribution in [0.1, 0.15) is 28.2 Å². The Morgan fingerprint density at radius 3 is 2.30 bits per heavy atom. The summed E-state index contributed by atoms with van der Waals surface area (Å²) in [6.07, 6.45) is -3.26. The molecule has 3 rings (SSSR count). The Balaban J connectivity index is 2.40. The summed E-state index contributed by atoms with van der Waals surface area (Å²) in [6.45, 7) is 0. The number of halogens is 2. The molecule has 5 nitrogen and oxygen atoms in total. The summed E-state index contributed by atoms with van der Waals surface area (Å²) in [5.74, 6) is -0.925. The Labute approximate surface area is 128 Å². The smallest absolute Gasteiger partial charge is 0.335 e. The maximum absolute atomic E-state index is 13.3. The summed E-state index contributed by atoms with van der Waals surface area (Å²) < 4.78 is 26.7. The van der Waals surface area contributed by atoms with Crippen LogP contribution < -0.4 is 4.43 Å². The normalized spacial score (nSPS) is 11.1. The zero-order valence-corrected chi connectivity index (χ0v) is 11.6. The van der Waals surface area contributed by atoms with Gasteiger partial charge in [-0.3, -0.25) is 4.79 Å². The number of alkyl halides is 2. The predicted octanol–water partition coefficient (Wildman–Crippen LogP) is 3.07. The molecule has 0 fully saturated rings. The van der Waals surface area contributed by atoms with Crippen molar-refractivity contribution in [2.75, 3.05) is 0 Å². The summed E-state index contributed by atoms with van der Waals surface area (Å²) in [7, 11) is 0. The molecule has 0 N–H and O–H groups in total. The van der Waals surface area contributed by atoms with E-state index in [1.54, 1.807) is 6.07 Å². The third-order valence-corrected chi connectivity index (χ3v) is 3.44. The number of carbonyl (C=O) groups excluding carboxylic acids is 1. The van der Waals surface area contributed by atoms with Crippen LogP contribution in [0.4, 0.5) is 8.78 Å². The SMILES string of the molecule is O=C(c1ccccc1)c1c(C(F)F)n([O-])c2ccccc2[n+]1=O. The van der Waals surface area contributed by atoms with E-state index < -0.39 is 23.6 Å². The summed E-state index contributed by atoms with van der Waals surface area (Å²) in [4.78, 5) is 24.9. The molecule has 1 heterocycles. The van der Waals surface area contributed by atoms with Crippen LogP contribution in [0, 0.1) is 10.1 Å². The number of nitrogens with zero attached hydrogens (tertiary/aromatic N) is 2. The van der Waals surface area contributed by atoms with Crippen molar-refractivity contribution in [1.82, 2.24) is 4.73 Å². The first-order valence-corrected chi connectivity index (χ1v) is 6.68. The summed E-state index contributed by atoms with van der Waals surface area (Å²) >= 11 is 0. The van der Waals surface area contributed by atoms with Gasteiger partial charge in [-0.1, -0.05) is 42.5 Å². The lowest BCUT2D eigenvalue weighted by atomic mass is 10.1. The van der Waals surface area contributed by atoms with Gasteiger partial charge < -0.3 is 9.94 Å². The highest BCUT2D eigenvalue weighted by Gasteiger charge is 2.34. The first-order valence-electron chi connectivity index (χ1n) is 6.68. The number of para-hydroxylation sites is 2. The molecule has 0 bridgehead atoms. The summed E-state index contributed by atoms with van der Waals surface area (Å²) in [6, 6.07) is 13.0. The monoisotopic (exact) mass is 316 g/mol. The van der Waals surface area contributed by atoms with Gasteiger partial charge >= 0.3 is 5.69 Å². The second-order valence-corrected chi connectivity index (χ2v) is 4.81. The lowest BCUT2D eigenvalue weighted by Gasteiger charge is -2.18. The molecule has 116 valence electrons. The first kappa shape index (κ1) is 14.8. The molecule has 3 aromatic rings. The third-order valence-electron chi connectivity index (χ3n) is 3.44. The highest BCUT2D eigenvalue weighted by atomic mass is 19.3. The van der Waals surface area contributed by atoms with Crippen molar-refractivity contribution in [1.29, 1.82) is 0 Å². The number of hydrogen-bond donors (Lipinski definition) is 0. The average Bonchev–Trinajstić information content (AvgIpc) is 2.57. The molecule has 23 heavy (non-hydrogen) atoms. The number of hydrogen-bond acceptors (Lipinski definition) is 3. The molecular formula is C16H10F2N2O3. The van der Waals surface area contributed by atoms with E-state index in [1.807, 2.05) is 0 Å². The fraction of sp³-hybridized carbons (Fsp3) is 0.0625. The van der Waals surface area contributed by atoms with Gasteiger partial charge in [-0.2, -0.15) is 0 Å². The van der Waals surface area contributed by atoms with Gasteiger partial charge in [0.05, 0.1) is 4.43 Å². The Kier molecular flexibility index (Phi) is 3.61. The van der Waals surface area contributed by atoms with E-state index in [1.165, 1.54) is 48.5 Å². The summed E-state index contributed by atoms with van der Waals surface area (Å²) in [5.41, 5.74) is -2.32. The van der Waals surface area contributed by atoms with Crippen molar-refractivity contribution in [3.8, 4) is 0 Å². The van der Waals surface area contributed by atoms with Crippen LogP contribution in [0.15, 0.2) is 54.6 Å². The zero-order valence-electron chi connectivity index (χ0n) is 11.6. The molecule has 0 atom stereocenters. The van der Waals surface area contributed by atoms with Crippen molar-refractivity contribution in [3.05, 3.63) is 81.7 Å². The van der Waals surface area contributed by atoms with E-state index in [9.17, 15) is 23.7 Å². The van der Waals surface area contributed by atoms with Gasteiger partial charge in [0.1, 0.15) is 5.52 Å². The summed E-state index contributed by atoms with van der Waals surface area (Å²) in [5, 5.41) is 12.2. The van der Waals surface area contributed by atoms with Gasteiger partial charge in [0.2, 0.25) is 0 Å². The van der Waals surface area contributed by atoms with Crippen molar-refractivity contribution < 1.29 is 18.0 Å². The van der Waals surface area contributed by atoms with E-state index in [2.05, 4.69) is 0 Å². The largest absolute Gasteiger partial charge is 0.805 e. The number of ketones is 1. The van der Waals surface area contributed by atoms with Gasteiger partial charge in [0.15, 0.2) is 5.69 Å². The number of carbonyl (C=O) groups is 1. The third kappa shape index (κ3) is 2.36. The van der Waals surface area contributed by atoms with Crippen LogP contribution in [0.3, 0.4) is 0 Å². The first-order chi connectivity index (χ1) is 11.0. The maximum atomic E-state index is 13.3. The molecule has 0 saturated carbocycles. The second-order valence-electron chi connectivity index (χ2n) is 4.81. The highest BCUT2D eigenvalue weighted by Crippen LogP contribution is 2.25. The molecule has 7 heteroatoms. The number of fused-ring (bicyclic) bond motifs is 1. The van der Waals surface area contributed by atoms with Crippen LogP contribution in [0.5, 0.6) is 0 Å². The van der Waals surface area contributed by atoms with Crippen molar-refractivity contribution in [3.63, 3.8) is 0 Å². The van der Waals surface area contributed by atoms with Gasteiger partial charge in [0.25, 0.3) is 17.7 Å². The molecule has 0 amide bonds. The van der Waals surface area contributed by atoms with E-state index in [-0.39, 0.29) is 25.8 Å². The Morgan fingerprint density at radius 1 is 1.04 bits per heavy atom. The van der Waals surface area contributed by atoms with Crippen LogP contribution >= 0.6 is 0 Å². The average molecular weight is 316 g/mol. The number of benzene rings is 2. The zero-order chi connectivity index (χ0) is 16.6. The number of rotatable bonds is 3. The fourth-order valence-electron chi connectivity index (χ4n) is 2.38. The molecule has 0 aliphatic carbocycles. The second kappa shape index (κ2) is 5.60. The van der Waals surface area contributed by atoms with E-state index >= 15 is 0 Å². The van der Waals surface area contributed by atoms with Gasteiger partial charge in [-0.15, -0.1) is 0 Å². The fourth-order valence-corrected chi connectivity index (χ4v) is 2.38. The van der Waals surface area contributed by atoms with Crippen LogP contribution in [-0.4, -0.2) is 10.5 Å². The topological polar surface area (TPSA) is 68.0 Å². The molecular weight excluding hydrogens is 306 g/mol. The highest BCUT2D eigenvalue weighted by molar-refractivity contribution is 6.07. The Morgan fingerprint density at radius 2 is 1.65 bits per heavy atom. The van der Waals surface area contributed by atoms with Gasteiger partial charge in [-0.05, 0) is 6.07 Å². The van der Waals surface area contributed by atoms with E-state index in [4.69, 9.17) is 0 Å². The maximum Gasteiger partial charge on any atom is 0.335 e. The lowest BCUT2D eigenvalue weighted by Crippen LogP contribution is -2.32. The minimum Gasteiger partial charge on any atom is -0.805 e. The van der Waals surface area contributed by atoms with E-state index in [0.717, 1.165) is 0 Å². The molecule has 0 spiro atoms. The molecule has 1 aromatic heterocycles. The quantitative estimate of drug-likeness (QED) is 0.551. The van der Waals surface area contributed by atoms with Crippen LogP contribution in [-0.2, 0) is 0 Å². The molecule has 0 aliphatic heterocycles. The Bertz CT molecular complexity index is 953. The lowest BCUT2D eigenvalue weighted by molar-refractivity contribution is -0.468. The minimum absolute atomic E-state index is 0.0503. The standard InChI is InChI=1S/C16H10F2N2O3/c17-16(18)14-13(15(21)10-6-2-1-3-7-10)19(22)11-8-4-5-9-12(11)20(14)23/h1-9,16H. The molecule has 0 radical (unpaired) electrons. The molecule has 2 aromatic carbocycles. The van der Waals surface area contributed by atoms with E-state index in [0.29, 0.717) is 0 Å². The molecule has 0 aliphatic rings. The van der Waals surface area contributed by atoms with Crippen molar-refractivity contribution >= 4 is 16.8 Å². The predicted molar refractivity (Wildman–Crippen MR) is 78.9 cm³/mol. The Hall–Kier alpha value is -3.09. The van der Waals surface area contributed by atoms with Gasteiger partial charge in [-0.25, -0.2) is 8.78 Å². The molecule has 0 unspecified atom stereocenters. The number of aromatic nitrogens is 2. The van der Waals surface area contributed by atoms with Crippen molar-refractivity contribution in [2.45, 2.75) is 6.43 Å².